The topological polar surface area (TPSA) is 248 Å². The lowest BCUT2D eigenvalue weighted by atomic mass is 10.1. The Labute approximate surface area is 243 Å². The highest BCUT2D eigenvalue weighted by Gasteiger charge is 2.54. The smallest absolute Gasteiger partial charge is 0.280 e. The van der Waals surface area contributed by atoms with Gasteiger partial charge in [0.2, 0.25) is 5.95 Å². The maximum atomic E-state index is 15.6. The van der Waals surface area contributed by atoms with Crippen LogP contribution in [0, 0.1) is 0 Å². The Hall–Kier alpha value is -2.94. The largest absolute Gasteiger partial charge is 0.395 e. The number of nitrogens with two attached hydrogens (primary N) is 2. The first kappa shape index (κ1) is 29.1. The summed E-state index contributed by atoms with van der Waals surface area (Å²) in [6, 6.07) is 0. The molecule has 0 spiro atoms. The summed E-state index contributed by atoms with van der Waals surface area (Å²) in [5, 5.41) is 25.9. The van der Waals surface area contributed by atoms with Crippen LogP contribution in [0.15, 0.2) is 17.4 Å². The van der Waals surface area contributed by atoms with Crippen LogP contribution in [0.3, 0.4) is 0 Å². The van der Waals surface area contributed by atoms with E-state index in [1.807, 2.05) is 0 Å². The molecule has 2 aliphatic heterocycles. The Morgan fingerprint density at radius 2 is 2.00 bits per heavy atom. The van der Waals surface area contributed by atoms with Gasteiger partial charge >= 0.3 is 0 Å². The van der Waals surface area contributed by atoms with E-state index in [1.165, 1.54) is 10.9 Å². The van der Waals surface area contributed by atoms with Crippen molar-refractivity contribution in [2.24, 2.45) is 0 Å². The lowest BCUT2D eigenvalue weighted by Crippen LogP contribution is -2.31. The number of nitrogen functional groups attached to an aromatic ring is 2. The standard InChI is InChI=1S/C20H24F2N11O6PS2/c21-8-7(3-34)42-19(32-5-27-11-16(32)28-20(24)29-17(11)36)13(8)40(37,41)38-2-1-6-12(35)9(22)18(39-6)33-15-10(30-31-33)14(23)25-4-26-15/h4-9,12-13,18-19,34-35H,1-3H2,(H,37,41)(H2,23,25,26)(H3,24,28,29,36)/t6-,7-,8-,9+,12-,13-,18-,19-,40?/m1/s1. The van der Waals surface area contributed by atoms with E-state index < -0.39 is 65.8 Å². The van der Waals surface area contributed by atoms with Gasteiger partial charge in [-0.05, 0) is 0 Å². The summed E-state index contributed by atoms with van der Waals surface area (Å²) in [4.78, 5) is 30.4. The van der Waals surface area contributed by atoms with E-state index in [9.17, 15) is 19.6 Å². The van der Waals surface area contributed by atoms with E-state index in [0.29, 0.717) is 0 Å². The molecule has 22 heteroatoms. The third-order valence-electron chi connectivity index (χ3n) is 7.07. The Morgan fingerprint density at radius 3 is 2.76 bits per heavy atom. The van der Waals surface area contributed by atoms with Gasteiger partial charge in [-0.1, -0.05) is 17.5 Å². The van der Waals surface area contributed by atoms with Gasteiger partial charge in [0.25, 0.3) is 12.1 Å². The third-order valence-corrected chi connectivity index (χ3v) is 11.9. The fourth-order valence-electron chi connectivity index (χ4n) is 5.03. The number of hydrogen-bond donors (Lipinski definition) is 6. The number of H-pyrrole nitrogens is 1. The predicted molar refractivity (Wildman–Crippen MR) is 148 cm³/mol. The van der Waals surface area contributed by atoms with Gasteiger partial charge in [-0.15, -0.1) is 16.9 Å². The lowest BCUT2D eigenvalue weighted by molar-refractivity contribution is -0.0367. The molecule has 2 saturated heterocycles. The molecule has 6 heterocycles. The minimum Gasteiger partial charge on any atom is -0.395 e. The van der Waals surface area contributed by atoms with Gasteiger partial charge in [-0.3, -0.25) is 14.3 Å². The summed E-state index contributed by atoms with van der Waals surface area (Å²) < 4.78 is 58.0. The van der Waals surface area contributed by atoms with Crippen molar-refractivity contribution in [3.8, 4) is 0 Å². The number of aliphatic hydroxyl groups excluding tert-OH is 2. The van der Waals surface area contributed by atoms with Crippen LogP contribution in [-0.2, 0) is 13.8 Å². The number of rotatable bonds is 8. The Balaban J connectivity index is 1.19. The number of halogens is 2. The highest BCUT2D eigenvalue weighted by Crippen LogP contribution is 2.67. The Kier molecular flexibility index (Phi) is 7.61. The van der Waals surface area contributed by atoms with Gasteiger partial charge in [0.05, 0.1) is 36.3 Å². The molecule has 2 aliphatic rings. The second-order valence-electron chi connectivity index (χ2n) is 9.61. The molecule has 4 aromatic heterocycles. The quantitative estimate of drug-likeness (QED) is 0.108. The SMILES string of the molecule is Nc1nc2c(ncn2[C@@H]2S[C@H](CO)[C@@H](F)[C@H]2P(=O)(S)OCC[C@H]2O[C@@H](n3nnc4c(N)ncnc43)[C@@H](F)[C@@H]2O)c(=O)[nH]1. The molecule has 42 heavy (non-hydrogen) atoms. The number of alkyl halides is 2. The Morgan fingerprint density at radius 1 is 1.21 bits per heavy atom. The van der Waals surface area contributed by atoms with Crippen LogP contribution in [0.4, 0.5) is 20.5 Å². The lowest BCUT2D eigenvalue weighted by Gasteiger charge is -2.27. The molecule has 0 aliphatic carbocycles. The fraction of sp³-hybridized carbons (Fsp3) is 0.550. The minimum atomic E-state index is -4.13. The van der Waals surface area contributed by atoms with Crippen LogP contribution in [0.5, 0.6) is 0 Å². The van der Waals surface area contributed by atoms with Crippen LogP contribution in [0.25, 0.3) is 22.3 Å². The van der Waals surface area contributed by atoms with Gasteiger partial charge in [0.15, 0.2) is 40.5 Å². The molecule has 4 aromatic rings. The molecule has 1 unspecified atom stereocenters. The van der Waals surface area contributed by atoms with E-state index in [1.54, 1.807) is 0 Å². The molecule has 2 fully saturated rings. The van der Waals surface area contributed by atoms with E-state index >= 15 is 8.78 Å². The highest BCUT2D eigenvalue weighted by atomic mass is 32.7. The molecule has 6 rings (SSSR count). The van der Waals surface area contributed by atoms with Gasteiger partial charge in [0, 0.05) is 6.42 Å². The fourth-order valence-corrected chi connectivity index (χ4v) is 10.1. The van der Waals surface area contributed by atoms with Crippen LogP contribution in [0.1, 0.15) is 18.0 Å². The molecule has 9 atom stereocenters. The molecule has 17 nitrogen and oxygen atoms in total. The number of thioether (sulfide) groups is 1. The molecule has 0 radical (unpaired) electrons. The van der Waals surface area contributed by atoms with Crippen LogP contribution < -0.4 is 17.0 Å². The molecular weight excluding hydrogens is 623 g/mol. The number of aliphatic hydroxyl groups is 2. The second-order valence-corrected chi connectivity index (χ2v) is 14.6. The summed E-state index contributed by atoms with van der Waals surface area (Å²) in [6.45, 7) is -5.08. The number of fused-ring (bicyclic) bond motifs is 2. The molecule has 226 valence electrons. The molecule has 0 aromatic carbocycles. The van der Waals surface area contributed by atoms with Crippen molar-refractivity contribution in [1.29, 1.82) is 0 Å². The summed E-state index contributed by atoms with van der Waals surface area (Å²) in [5.41, 5.74) is 9.57. The zero-order valence-corrected chi connectivity index (χ0v) is 23.8. The van der Waals surface area contributed by atoms with Crippen molar-refractivity contribution in [1.82, 2.24) is 44.5 Å². The number of nitrogens with one attached hydrogen (secondary N) is 1. The van der Waals surface area contributed by atoms with E-state index in [4.69, 9.17) is 20.7 Å². The van der Waals surface area contributed by atoms with Gasteiger partial charge < -0.3 is 35.5 Å². The van der Waals surface area contributed by atoms with E-state index in [2.05, 4.69) is 47.5 Å². The zero-order valence-electron chi connectivity index (χ0n) is 21.2. The van der Waals surface area contributed by atoms with Crippen LogP contribution in [0.2, 0.25) is 0 Å². The van der Waals surface area contributed by atoms with Crippen molar-refractivity contribution in [3.63, 3.8) is 0 Å². The number of hydrogen-bond acceptors (Lipinski definition) is 15. The molecule has 0 amide bonds. The van der Waals surface area contributed by atoms with Gasteiger partial charge in [-0.25, -0.2) is 23.7 Å². The van der Waals surface area contributed by atoms with Crippen molar-refractivity contribution in [2.45, 2.75) is 53.5 Å². The summed E-state index contributed by atoms with van der Waals surface area (Å²) in [7, 11) is 0. The first-order valence-electron chi connectivity index (χ1n) is 12.4. The molecular formula is C20H24F2N11O6PS2. The number of aromatic nitrogens is 9. The third kappa shape index (κ3) is 4.81. The molecule has 0 bridgehead atoms. The number of imidazole rings is 1. The number of ether oxygens (including phenoxy) is 1. The monoisotopic (exact) mass is 647 g/mol. The van der Waals surface area contributed by atoms with Crippen molar-refractivity contribution < 1.29 is 32.8 Å². The average molecular weight is 648 g/mol. The Bertz CT molecular complexity index is 1740. The van der Waals surface area contributed by atoms with Crippen LogP contribution in [-0.4, -0.2) is 103 Å². The van der Waals surface area contributed by atoms with Gasteiger partial charge in [0.1, 0.15) is 24.3 Å². The van der Waals surface area contributed by atoms with Crippen LogP contribution >= 0.6 is 30.6 Å². The van der Waals surface area contributed by atoms with E-state index in [-0.39, 0.29) is 47.1 Å². The first-order valence-corrected chi connectivity index (χ1v) is 16.2. The maximum Gasteiger partial charge on any atom is 0.280 e. The first-order chi connectivity index (χ1) is 20.0. The predicted octanol–water partition coefficient (Wildman–Crippen LogP) is -0.0421. The molecule has 0 saturated carbocycles. The summed E-state index contributed by atoms with van der Waals surface area (Å²) in [5.74, 6) is -0.175. The van der Waals surface area contributed by atoms with Crippen molar-refractivity contribution >= 4 is 64.7 Å². The summed E-state index contributed by atoms with van der Waals surface area (Å²) in [6.07, 6.45) is -5.71. The molecule has 7 N–H and O–H groups in total. The zero-order chi connectivity index (χ0) is 29.9. The maximum absolute atomic E-state index is 15.6. The minimum absolute atomic E-state index is 0.0213. The highest BCUT2D eigenvalue weighted by molar-refractivity contribution is 8.46. The summed E-state index contributed by atoms with van der Waals surface area (Å²) >= 11 is 5.16. The number of aromatic amines is 1. The average Bonchev–Trinajstić information content (AvgIpc) is 3.70. The number of thiol groups is 1. The second kappa shape index (κ2) is 11.0. The number of nitrogens with zero attached hydrogens (tertiary/aromatic N) is 8. The van der Waals surface area contributed by atoms with Crippen molar-refractivity contribution in [2.75, 3.05) is 24.7 Å². The normalized spacial score (nSPS) is 31.3. The van der Waals surface area contributed by atoms with E-state index in [0.717, 1.165) is 22.8 Å². The number of anilines is 2. The van der Waals surface area contributed by atoms with Crippen molar-refractivity contribution in [3.05, 3.63) is 23.0 Å². The van der Waals surface area contributed by atoms with Gasteiger partial charge in [-0.2, -0.15) is 9.67 Å².